The molecule has 0 bridgehead atoms. The summed E-state index contributed by atoms with van der Waals surface area (Å²) >= 11 is 6.17. The normalized spacial score (nSPS) is 14.9. The summed E-state index contributed by atoms with van der Waals surface area (Å²) in [5.74, 6) is 1.55. The molecule has 3 aromatic rings. The molecule has 0 spiro atoms. The second-order valence-corrected chi connectivity index (χ2v) is 9.56. The highest BCUT2D eigenvalue weighted by Crippen LogP contribution is 2.29. The van der Waals surface area contributed by atoms with E-state index in [2.05, 4.69) is 15.0 Å². The van der Waals surface area contributed by atoms with E-state index in [1.165, 1.54) is 7.11 Å². The second kappa shape index (κ2) is 8.60. The van der Waals surface area contributed by atoms with E-state index in [1.807, 2.05) is 23.4 Å². The summed E-state index contributed by atoms with van der Waals surface area (Å²) in [6.07, 6.45) is 0.696. The van der Waals surface area contributed by atoms with E-state index in [0.29, 0.717) is 66.0 Å². The van der Waals surface area contributed by atoms with Gasteiger partial charge in [0, 0.05) is 26.6 Å². The van der Waals surface area contributed by atoms with Crippen LogP contribution in [0.3, 0.4) is 0 Å². The van der Waals surface area contributed by atoms with Gasteiger partial charge in [-0.1, -0.05) is 24.6 Å². The first-order valence-corrected chi connectivity index (χ1v) is 12.0. The number of aryl methyl sites for hydroxylation is 2. The molecule has 1 fully saturated rings. The lowest BCUT2D eigenvalue weighted by molar-refractivity contribution is 0.122. The third-order valence-electron chi connectivity index (χ3n) is 5.25. The van der Waals surface area contributed by atoms with Crippen molar-refractivity contribution in [1.82, 2.24) is 19.5 Å². The van der Waals surface area contributed by atoms with Crippen molar-refractivity contribution in [2.24, 2.45) is 7.05 Å². The lowest BCUT2D eigenvalue weighted by Gasteiger charge is -2.28. The Morgan fingerprint density at radius 2 is 1.94 bits per heavy atom. The molecule has 166 valence electrons. The van der Waals surface area contributed by atoms with Crippen LogP contribution in [0.5, 0.6) is 5.75 Å². The van der Waals surface area contributed by atoms with Gasteiger partial charge in [-0.05, 0) is 17.7 Å². The fourth-order valence-corrected chi connectivity index (χ4v) is 5.09. The predicted octanol–water partition coefficient (Wildman–Crippen LogP) is 2.40. The van der Waals surface area contributed by atoms with Gasteiger partial charge in [0.05, 0.1) is 31.1 Å². The smallest absolute Gasteiger partial charge is 0.251 e. The number of sulfone groups is 1. The van der Waals surface area contributed by atoms with Crippen molar-refractivity contribution >= 4 is 38.4 Å². The highest BCUT2D eigenvalue weighted by Gasteiger charge is 2.27. The largest absolute Gasteiger partial charge is 0.495 e. The minimum atomic E-state index is -3.84. The molecule has 2 aromatic heterocycles. The Hall–Kier alpha value is -2.43. The molecule has 0 radical (unpaired) electrons. The first-order valence-electron chi connectivity index (χ1n) is 9.95. The Labute approximate surface area is 185 Å². The Bertz CT molecular complexity index is 1220. The Morgan fingerprint density at radius 3 is 2.58 bits per heavy atom. The number of fused-ring (bicyclic) bond motifs is 1. The number of morpholine rings is 1. The minimum absolute atomic E-state index is 0.223. The molecular weight excluding hydrogens is 442 g/mol. The van der Waals surface area contributed by atoms with Gasteiger partial charge >= 0.3 is 0 Å². The van der Waals surface area contributed by atoms with E-state index in [4.69, 9.17) is 21.1 Å². The van der Waals surface area contributed by atoms with E-state index < -0.39 is 9.84 Å². The van der Waals surface area contributed by atoms with Crippen LogP contribution in [0.15, 0.2) is 23.4 Å². The summed E-state index contributed by atoms with van der Waals surface area (Å²) < 4.78 is 38.9. The quantitative estimate of drug-likeness (QED) is 0.511. The van der Waals surface area contributed by atoms with Gasteiger partial charge in [-0.3, -0.25) is 0 Å². The van der Waals surface area contributed by atoms with Gasteiger partial charge in [-0.25, -0.2) is 13.4 Å². The van der Waals surface area contributed by atoms with Gasteiger partial charge in [-0.15, -0.1) is 0 Å². The first-order chi connectivity index (χ1) is 14.8. The molecule has 0 amide bonds. The maximum atomic E-state index is 13.3. The average molecular weight is 466 g/mol. The molecule has 1 aromatic carbocycles. The highest BCUT2D eigenvalue weighted by molar-refractivity contribution is 7.90. The third kappa shape index (κ3) is 4.19. The van der Waals surface area contributed by atoms with Gasteiger partial charge in [-0.2, -0.15) is 9.97 Å². The average Bonchev–Trinajstić information content (AvgIpc) is 3.09. The molecular formula is C20H24ClN5O4S. The number of ether oxygens (including phenoxy) is 2. The van der Waals surface area contributed by atoms with Crippen LogP contribution in [0.25, 0.3) is 11.2 Å². The zero-order chi connectivity index (χ0) is 22.2. The summed E-state index contributed by atoms with van der Waals surface area (Å²) in [6.45, 7) is 4.31. The van der Waals surface area contributed by atoms with Crippen molar-refractivity contribution < 1.29 is 17.9 Å². The lowest BCUT2D eigenvalue weighted by atomic mass is 10.2. The molecule has 0 unspecified atom stereocenters. The van der Waals surface area contributed by atoms with Crippen molar-refractivity contribution in [1.29, 1.82) is 0 Å². The van der Waals surface area contributed by atoms with E-state index >= 15 is 0 Å². The van der Waals surface area contributed by atoms with Gasteiger partial charge < -0.3 is 18.9 Å². The van der Waals surface area contributed by atoms with Crippen LogP contribution in [-0.2, 0) is 33.8 Å². The molecule has 0 N–H and O–H groups in total. The maximum Gasteiger partial charge on any atom is 0.251 e. The number of anilines is 1. The lowest BCUT2D eigenvalue weighted by Crippen LogP contribution is -2.37. The summed E-state index contributed by atoms with van der Waals surface area (Å²) in [5, 5.41) is 0.124. The number of halogens is 1. The van der Waals surface area contributed by atoms with Crippen LogP contribution in [-0.4, -0.2) is 61.3 Å². The molecule has 11 heteroatoms. The first kappa shape index (κ1) is 21.8. The molecule has 31 heavy (non-hydrogen) atoms. The Kier molecular flexibility index (Phi) is 6.05. The topological polar surface area (TPSA) is 99.4 Å². The van der Waals surface area contributed by atoms with Crippen LogP contribution in [0, 0.1) is 0 Å². The molecule has 0 atom stereocenters. The minimum Gasteiger partial charge on any atom is -0.495 e. The molecule has 3 heterocycles. The standard InChI is InChI=1S/C20H24ClN5O4S/c1-4-16-22-17-18(25(16)2)23-20(24-19(17)26-7-9-30-10-8-26)31(27,28)12-13-5-6-15(29-3)14(21)11-13/h5-6,11H,4,7-10,12H2,1-3H3. The van der Waals surface area contributed by atoms with Gasteiger partial charge in [0.15, 0.2) is 17.0 Å². The number of rotatable bonds is 6. The van der Waals surface area contributed by atoms with Crippen LogP contribution < -0.4 is 9.64 Å². The van der Waals surface area contributed by atoms with E-state index in [-0.39, 0.29) is 10.9 Å². The van der Waals surface area contributed by atoms with Crippen molar-refractivity contribution in [2.75, 3.05) is 38.3 Å². The summed E-state index contributed by atoms with van der Waals surface area (Å²) in [6, 6.07) is 4.90. The van der Waals surface area contributed by atoms with Gasteiger partial charge in [0.2, 0.25) is 9.84 Å². The van der Waals surface area contributed by atoms with E-state index in [1.54, 1.807) is 18.2 Å². The van der Waals surface area contributed by atoms with Crippen molar-refractivity contribution in [3.05, 3.63) is 34.6 Å². The molecule has 0 aliphatic carbocycles. The zero-order valence-corrected chi connectivity index (χ0v) is 19.2. The van der Waals surface area contributed by atoms with Crippen molar-refractivity contribution in [3.63, 3.8) is 0 Å². The van der Waals surface area contributed by atoms with Crippen molar-refractivity contribution in [3.8, 4) is 5.75 Å². The Balaban J connectivity index is 1.80. The molecule has 4 rings (SSSR count). The third-order valence-corrected chi connectivity index (χ3v) is 7.00. The van der Waals surface area contributed by atoms with Crippen LogP contribution in [0.1, 0.15) is 18.3 Å². The maximum absolute atomic E-state index is 13.3. The van der Waals surface area contributed by atoms with E-state index in [0.717, 1.165) is 5.82 Å². The SMILES string of the molecule is CCc1nc2c(N3CCOCC3)nc(S(=O)(=O)Cc3ccc(OC)c(Cl)c3)nc2n1C. The molecule has 1 aliphatic heterocycles. The fourth-order valence-electron chi connectivity index (χ4n) is 3.61. The monoisotopic (exact) mass is 465 g/mol. The number of methoxy groups -OCH3 is 1. The number of nitrogens with zero attached hydrogens (tertiary/aromatic N) is 5. The predicted molar refractivity (Wildman–Crippen MR) is 118 cm³/mol. The van der Waals surface area contributed by atoms with E-state index in [9.17, 15) is 8.42 Å². The highest BCUT2D eigenvalue weighted by atomic mass is 35.5. The number of imidazole rings is 1. The molecule has 0 saturated carbocycles. The van der Waals surface area contributed by atoms with Crippen molar-refractivity contribution in [2.45, 2.75) is 24.3 Å². The van der Waals surface area contributed by atoms with Gasteiger partial charge in [0.25, 0.3) is 5.16 Å². The summed E-state index contributed by atoms with van der Waals surface area (Å²) in [5.41, 5.74) is 1.63. The zero-order valence-electron chi connectivity index (χ0n) is 17.6. The Morgan fingerprint density at radius 1 is 1.19 bits per heavy atom. The number of hydrogen-bond acceptors (Lipinski definition) is 8. The molecule has 1 aliphatic rings. The summed E-state index contributed by atoms with van der Waals surface area (Å²) in [4.78, 5) is 15.6. The molecule has 1 saturated heterocycles. The molecule has 9 nitrogen and oxygen atoms in total. The van der Waals surface area contributed by atoms with Gasteiger partial charge in [0.1, 0.15) is 11.6 Å². The second-order valence-electron chi connectivity index (χ2n) is 7.27. The number of aromatic nitrogens is 4. The van der Waals surface area contributed by atoms with Crippen LogP contribution in [0.2, 0.25) is 5.02 Å². The summed E-state index contributed by atoms with van der Waals surface area (Å²) in [7, 11) is -0.494. The van der Waals surface area contributed by atoms with Crippen LogP contribution >= 0.6 is 11.6 Å². The van der Waals surface area contributed by atoms with Crippen LogP contribution in [0.4, 0.5) is 5.82 Å². The fraction of sp³-hybridized carbons (Fsp3) is 0.450. The number of hydrogen-bond donors (Lipinski definition) is 0. The number of benzene rings is 1.